The summed E-state index contributed by atoms with van der Waals surface area (Å²) in [5, 5.41) is 0. The molecule has 5 rings (SSSR count). The number of ether oxygens (including phenoxy) is 2. The van der Waals surface area contributed by atoms with E-state index in [1.807, 2.05) is 0 Å². The Hall–Kier alpha value is -4.25. The molecular formula is C37H31F9O2. The normalized spacial score (nSPS) is 16.9. The van der Waals surface area contributed by atoms with E-state index < -0.39 is 58.1 Å². The van der Waals surface area contributed by atoms with Crippen LogP contribution in [0.25, 0.3) is 28.3 Å². The molecule has 0 saturated carbocycles. The Morgan fingerprint density at radius 3 is 1.96 bits per heavy atom. The van der Waals surface area contributed by atoms with Crippen molar-refractivity contribution >= 4 is 6.08 Å². The van der Waals surface area contributed by atoms with Gasteiger partial charge in [-0.3, -0.25) is 0 Å². The van der Waals surface area contributed by atoms with E-state index in [1.54, 1.807) is 6.07 Å². The van der Waals surface area contributed by atoms with Gasteiger partial charge in [0.05, 0.1) is 12.7 Å². The van der Waals surface area contributed by atoms with Gasteiger partial charge >= 0.3 is 6.11 Å². The molecule has 2 unspecified atom stereocenters. The zero-order chi connectivity index (χ0) is 34.6. The molecule has 254 valence electrons. The van der Waals surface area contributed by atoms with E-state index in [9.17, 15) is 30.7 Å². The molecule has 1 fully saturated rings. The Morgan fingerprint density at radius 1 is 0.729 bits per heavy atom. The summed E-state index contributed by atoms with van der Waals surface area (Å²) >= 11 is 0. The van der Waals surface area contributed by atoms with Crippen molar-refractivity contribution in [3.63, 3.8) is 0 Å². The fraction of sp³-hybridized carbons (Fsp3) is 0.297. The fourth-order valence-electron chi connectivity index (χ4n) is 5.72. The van der Waals surface area contributed by atoms with Crippen LogP contribution in [0.2, 0.25) is 0 Å². The van der Waals surface area contributed by atoms with E-state index in [1.165, 1.54) is 30.7 Å². The van der Waals surface area contributed by atoms with Crippen LogP contribution in [0.15, 0.2) is 66.7 Å². The largest absolute Gasteiger partial charge is 0.429 e. The Morgan fingerprint density at radius 2 is 1.35 bits per heavy atom. The summed E-state index contributed by atoms with van der Waals surface area (Å²) in [6.07, 6.45) is 2.08. The zero-order valence-electron chi connectivity index (χ0n) is 25.8. The van der Waals surface area contributed by atoms with Gasteiger partial charge in [0, 0.05) is 34.9 Å². The Bertz CT molecular complexity index is 1750. The highest BCUT2D eigenvalue weighted by molar-refractivity contribution is 5.72. The smallest absolute Gasteiger partial charge is 0.419 e. The molecular weight excluding hydrogens is 647 g/mol. The van der Waals surface area contributed by atoms with Crippen molar-refractivity contribution in [1.82, 2.24) is 0 Å². The van der Waals surface area contributed by atoms with Crippen LogP contribution in [0.1, 0.15) is 62.7 Å². The fourth-order valence-corrected chi connectivity index (χ4v) is 5.72. The molecule has 0 radical (unpaired) electrons. The number of alkyl halides is 2. The summed E-state index contributed by atoms with van der Waals surface area (Å²) < 4.78 is 139. The van der Waals surface area contributed by atoms with Crippen molar-refractivity contribution in [2.24, 2.45) is 5.92 Å². The third-order valence-corrected chi connectivity index (χ3v) is 8.28. The summed E-state index contributed by atoms with van der Waals surface area (Å²) in [6.45, 7) is 2.77. The highest BCUT2D eigenvalue weighted by atomic mass is 19.3. The van der Waals surface area contributed by atoms with E-state index in [2.05, 4.69) is 11.7 Å². The SMILES string of the molecule is CCCCCC1CCC(c2ccc(-c3ccc(-c4cc(F)c(C=CC(F)(F)Oc5cc(F)c(F)c(F)c5)c(F)c4)c(F)c3)c(F)c2)OC1. The highest BCUT2D eigenvalue weighted by Gasteiger charge is 2.30. The second kappa shape index (κ2) is 14.9. The van der Waals surface area contributed by atoms with E-state index in [0.717, 1.165) is 50.3 Å². The number of benzene rings is 4. The number of hydrogen-bond donors (Lipinski definition) is 0. The van der Waals surface area contributed by atoms with Gasteiger partial charge in [-0.05, 0) is 72.2 Å². The van der Waals surface area contributed by atoms with E-state index >= 15 is 8.78 Å². The lowest BCUT2D eigenvalue weighted by Gasteiger charge is -2.29. The number of hydrogen-bond acceptors (Lipinski definition) is 2. The first kappa shape index (κ1) is 35.1. The molecule has 4 aromatic carbocycles. The number of unbranched alkanes of at least 4 members (excludes halogenated alkanes) is 2. The molecule has 1 saturated heterocycles. The first-order valence-electron chi connectivity index (χ1n) is 15.5. The lowest BCUT2D eigenvalue weighted by Crippen LogP contribution is -2.21. The highest BCUT2D eigenvalue weighted by Crippen LogP contribution is 2.36. The zero-order valence-corrected chi connectivity index (χ0v) is 25.8. The predicted molar refractivity (Wildman–Crippen MR) is 164 cm³/mol. The van der Waals surface area contributed by atoms with Gasteiger partial charge in [0.25, 0.3) is 0 Å². The number of rotatable bonds is 11. The van der Waals surface area contributed by atoms with Crippen molar-refractivity contribution in [3.8, 4) is 28.0 Å². The summed E-state index contributed by atoms with van der Waals surface area (Å²) in [5.41, 5.74) is -0.448. The average molecular weight is 679 g/mol. The molecule has 4 aromatic rings. The minimum atomic E-state index is -4.32. The summed E-state index contributed by atoms with van der Waals surface area (Å²) in [6, 6.07) is 10.0. The maximum atomic E-state index is 15.2. The van der Waals surface area contributed by atoms with Crippen LogP contribution in [0.3, 0.4) is 0 Å². The summed E-state index contributed by atoms with van der Waals surface area (Å²) in [7, 11) is 0. The molecule has 2 nitrogen and oxygen atoms in total. The van der Waals surface area contributed by atoms with Gasteiger partial charge in [0.1, 0.15) is 29.0 Å². The van der Waals surface area contributed by atoms with Crippen molar-refractivity contribution in [3.05, 3.63) is 119 Å². The lowest BCUT2D eigenvalue weighted by atomic mass is 9.90. The molecule has 1 aliphatic heterocycles. The molecule has 0 spiro atoms. The van der Waals surface area contributed by atoms with Gasteiger partial charge in [0.15, 0.2) is 17.5 Å². The molecule has 2 atom stereocenters. The molecule has 0 amide bonds. The third kappa shape index (κ3) is 8.24. The lowest BCUT2D eigenvalue weighted by molar-refractivity contribution is -0.131. The van der Waals surface area contributed by atoms with Crippen LogP contribution >= 0.6 is 0 Å². The van der Waals surface area contributed by atoms with Gasteiger partial charge in [-0.2, -0.15) is 8.78 Å². The monoisotopic (exact) mass is 678 g/mol. The standard InChI is InChI=1S/C37H31F9O2/c1-2-3-4-5-21-6-11-35(47-20-21)23-8-10-26(30(39)15-23)22-7-9-27(29(38)14-22)24-16-31(40)28(32(41)17-24)12-13-37(45,46)48-25-18-33(42)36(44)34(43)19-25/h7-10,12-19,21,35H,2-6,11,20H2,1H3. The maximum absolute atomic E-state index is 15.2. The van der Waals surface area contributed by atoms with Crippen molar-refractivity contribution < 1.29 is 49.0 Å². The van der Waals surface area contributed by atoms with Crippen LogP contribution in [0, 0.1) is 46.6 Å². The van der Waals surface area contributed by atoms with E-state index in [0.29, 0.717) is 24.2 Å². The Kier molecular flexibility index (Phi) is 10.9. The molecule has 48 heavy (non-hydrogen) atoms. The van der Waals surface area contributed by atoms with E-state index in [4.69, 9.17) is 4.74 Å². The molecule has 1 aliphatic rings. The minimum Gasteiger partial charge on any atom is -0.429 e. The van der Waals surface area contributed by atoms with E-state index in [-0.39, 0.29) is 46.6 Å². The van der Waals surface area contributed by atoms with Crippen molar-refractivity contribution in [2.75, 3.05) is 6.61 Å². The average Bonchev–Trinajstić information content (AvgIpc) is 3.03. The second-order valence-electron chi connectivity index (χ2n) is 11.7. The summed E-state index contributed by atoms with van der Waals surface area (Å²) in [4.78, 5) is 0. The van der Waals surface area contributed by atoms with Crippen LogP contribution in [-0.2, 0) is 4.74 Å². The molecule has 0 aromatic heterocycles. The minimum absolute atomic E-state index is 0.0751. The van der Waals surface area contributed by atoms with Gasteiger partial charge in [-0.1, -0.05) is 50.5 Å². The van der Waals surface area contributed by atoms with Gasteiger partial charge in [-0.25, -0.2) is 30.7 Å². The maximum Gasteiger partial charge on any atom is 0.419 e. The van der Waals surface area contributed by atoms with Crippen LogP contribution in [0.5, 0.6) is 5.75 Å². The topological polar surface area (TPSA) is 18.5 Å². The molecule has 0 bridgehead atoms. The molecule has 0 aliphatic carbocycles. The second-order valence-corrected chi connectivity index (χ2v) is 11.7. The van der Waals surface area contributed by atoms with Crippen molar-refractivity contribution in [1.29, 1.82) is 0 Å². The van der Waals surface area contributed by atoms with Crippen molar-refractivity contribution in [2.45, 2.75) is 57.7 Å². The van der Waals surface area contributed by atoms with Crippen LogP contribution in [0.4, 0.5) is 39.5 Å². The third-order valence-electron chi connectivity index (χ3n) is 8.28. The van der Waals surface area contributed by atoms with Gasteiger partial charge in [-0.15, -0.1) is 0 Å². The molecule has 0 N–H and O–H groups in total. The van der Waals surface area contributed by atoms with Crippen LogP contribution in [-0.4, -0.2) is 12.7 Å². The quantitative estimate of drug-likeness (QED) is 0.0893. The Balaban J connectivity index is 1.28. The molecule has 1 heterocycles. The van der Waals surface area contributed by atoms with Gasteiger partial charge in [0.2, 0.25) is 0 Å². The van der Waals surface area contributed by atoms with Gasteiger partial charge < -0.3 is 9.47 Å². The predicted octanol–water partition coefficient (Wildman–Crippen LogP) is 11.7. The first-order chi connectivity index (χ1) is 22.8. The van der Waals surface area contributed by atoms with Crippen LogP contribution < -0.4 is 4.74 Å². The molecule has 11 heteroatoms. The summed E-state index contributed by atoms with van der Waals surface area (Å²) in [5.74, 6) is -10.2. The number of halogens is 9. The first-order valence-corrected chi connectivity index (χ1v) is 15.5. The Labute approximate surface area is 271 Å².